The van der Waals surface area contributed by atoms with Crippen molar-refractivity contribution >= 4 is 21.8 Å². The van der Waals surface area contributed by atoms with Crippen LogP contribution in [0.2, 0.25) is 0 Å². The van der Waals surface area contributed by atoms with E-state index >= 15 is 0 Å². The van der Waals surface area contributed by atoms with E-state index in [1.807, 2.05) is 0 Å². The van der Waals surface area contributed by atoms with E-state index in [0.717, 1.165) is 0 Å². The first-order valence-electron chi connectivity index (χ1n) is 7.93. The lowest BCUT2D eigenvalue weighted by Crippen LogP contribution is -2.28. The number of aromatic nitrogens is 1. The van der Waals surface area contributed by atoms with Gasteiger partial charge >= 0.3 is 0 Å². The van der Waals surface area contributed by atoms with E-state index in [1.165, 1.54) is 30.5 Å². The number of nitrogens with one attached hydrogen (secondary N) is 1. The molecule has 2 aromatic rings. The van der Waals surface area contributed by atoms with Crippen molar-refractivity contribution in [2.45, 2.75) is 6.92 Å². The number of benzene rings is 1. The van der Waals surface area contributed by atoms with Crippen molar-refractivity contribution in [2.24, 2.45) is 0 Å². The van der Waals surface area contributed by atoms with Gasteiger partial charge in [0.25, 0.3) is 0 Å². The van der Waals surface area contributed by atoms with Crippen molar-refractivity contribution in [2.75, 3.05) is 18.1 Å². The molecule has 0 saturated heterocycles. The Labute approximate surface area is 151 Å². The molecular weight excluding hydrogens is 359 g/mol. The van der Waals surface area contributed by atoms with Gasteiger partial charge in [0.2, 0.25) is 5.91 Å². The Bertz CT molecular complexity index is 883. The van der Waals surface area contributed by atoms with Crippen LogP contribution in [0.3, 0.4) is 0 Å². The Balaban J connectivity index is 1.92. The molecule has 0 aliphatic rings. The second-order valence-corrected chi connectivity index (χ2v) is 7.81. The molecule has 1 aromatic carbocycles. The predicted molar refractivity (Wildman–Crippen MR) is 97.1 cm³/mol. The number of amides is 1. The fourth-order valence-corrected chi connectivity index (χ4v) is 2.64. The average Bonchev–Trinajstić information content (AvgIpc) is 2.63. The fourth-order valence-electron chi connectivity index (χ4n) is 1.94. The van der Waals surface area contributed by atoms with E-state index in [1.54, 1.807) is 31.3 Å². The van der Waals surface area contributed by atoms with Crippen LogP contribution in [0.15, 0.2) is 48.8 Å². The lowest BCUT2D eigenvalue weighted by atomic mass is 10.2. The van der Waals surface area contributed by atoms with Crippen molar-refractivity contribution in [3.63, 3.8) is 0 Å². The number of sulfone groups is 1. The van der Waals surface area contributed by atoms with E-state index in [4.69, 9.17) is 4.74 Å². The van der Waals surface area contributed by atoms with Crippen molar-refractivity contribution in [1.29, 1.82) is 0 Å². The highest BCUT2D eigenvalue weighted by Crippen LogP contribution is 2.24. The number of ether oxygens (including phenoxy) is 1. The van der Waals surface area contributed by atoms with Gasteiger partial charge in [0.15, 0.2) is 21.4 Å². The molecule has 0 fully saturated rings. The van der Waals surface area contributed by atoms with Crippen molar-refractivity contribution < 1.29 is 22.3 Å². The maximum Gasteiger partial charge on any atom is 0.244 e. The summed E-state index contributed by atoms with van der Waals surface area (Å²) in [5.41, 5.74) is 0.470. The smallest absolute Gasteiger partial charge is 0.244 e. The van der Waals surface area contributed by atoms with Crippen LogP contribution in [0, 0.1) is 5.82 Å². The molecule has 0 atom stereocenters. The molecule has 1 N–H and O–H groups in total. The van der Waals surface area contributed by atoms with Crippen LogP contribution >= 0.6 is 0 Å². The average molecular weight is 378 g/mol. The molecule has 2 rings (SSSR count). The van der Waals surface area contributed by atoms with E-state index < -0.39 is 21.6 Å². The van der Waals surface area contributed by atoms with Crippen molar-refractivity contribution in [3.8, 4) is 11.5 Å². The number of rotatable bonds is 8. The highest BCUT2D eigenvalue weighted by Gasteiger charge is 2.08. The SMILES string of the molecule is CCS(=O)(=O)CCNC(=O)C=Cc1ccc(Oc2cccnc2)c(F)c1. The van der Waals surface area contributed by atoms with Crippen LogP contribution in [0.4, 0.5) is 4.39 Å². The minimum atomic E-state index is -3.13. The van der Waals surface area contributed by atoms with Gasteiger partial charge in [-0.05, 0) is 35.9 Å². The Hall–Kier alpha value is -2.74. The number of hydrogen-bond acceptors (Lipinski definition) is 5. The molecule has 0 aliphatic heterocycles. The largest absolute Gasteiger partial charge is 0.453 e. The number of halogens is 1. The molecule has 0 aliphatic carbocycles. The first kappa shape index (κ1) is 19.6. The molecule has 8 heteroatoms. The standard InChI is InChI=1S/C18H19FN2O4S/c1-2-26(23,24)11-10-21-18(22)8-6-14-5-7-17(16(19)12-14)25-15-4-3-9-20-13-15/h3-9,12-13H,2,10-11H2,1H3,(H,21,22). The summed E-state index contributed by atoms with van der Waals surface area (Å²) in [6, 6.07) is 7.61. The molecule has 1 heterocycles. The molecule has 1 amide bonds. The zero-order chi connectivity index (χ0) is 19.0. The maximum atomic E-state index is 14.1. The lowest BCUT2D eigenvalue weighted by molar-refractivity contribution is -0.116. The number of nitrogens with zero attached hydrogens (tertiary/aromatic N) is 1. The normalized spacial score (nSPS) is 11.5. The van der Waals surface area contributed by atoms with Crippen LogP contribution < -0.4 is 10.1 Å². The summed E-state index contributed by atoms with van der Waals surface area (Å²) < 4.78 is 42.1. The molecule has 0 spiro atoms. The molecule has 0 saturated carbocycles. The Morgan fingerprint density at radius 1 is 1.35 bits per heavy atom. The second-order valence-electron chi connectivity index (χ2n) is 5.34. The van der Waals surface area contributed by atoms with Crippen molar-refractivity contribution in [3.05, 3.63) is 60.2 Å². The summed E-state index contributed by atoms with van der Waals surface area (Å²) in [6.07, 6.45) is 5.70. The third kappa shape index (κ3) is 6.29. The van der Waals surface area contributed by atoms with Gasteiger partial charge in [0.1, 0.15) is 5.75 Å². The molecular formula is C18H19FN2O4S. The number of carbonyl (C=O) groups excluding carboxylic acids is 1. The minimum Gasteiger partial charge on any atom is -0.453 e. The van der Waals surface area contributed by atoms with Crippen LogP contribution in [-0.2, 0) is 14.6 Å². The van der Waals surface area contributed by atoms with Gasteiger partial charge < -0.3 is 10.1 Å². The molecule has 6 nitrogen and oxygen atoms in total. The quantitative estimate of drug-likeness (QED) is 0.714. The number of hydrogen-bond donors (Lipinski definition) is 1. The summed E-state index contributed by atoms with van der Waals surface area (Å²) >= 11 is 0. The molecule has 0 unspecified atom stereocenters. The number of pyridine rings is 1. The third-order valence-electron chi connectivity index (χ3n) is 3.40. The second kappa shape index (κ2) is 9.10. The highest BCUT2D eigenvalue weighted by molar-refractivity contribution is 7.91. The van der Waals surface area contributed by atoms with Gasteiger partial charge in [0, 0.05) is 24.6 Å². The Kier molecular flexibility index (Phi) is 6.85. The topological polar surface area (TPSA) is 85.4 Å². The molecule has 0 radical (unpaired) electrons. The zero-order valence-electron chi connectivity index (χ0n) is 14.2. The summed E-state index contributed by atoms with van der Waals surface area (Å²) in [6.45, 7) is 1.58. The van der Waals surface area contributed by atoms with E-state index in [-0.39, 0.29) is 23.8 Å². The van der Waals surface area contributed by atoms with E-state index in [9.17, 15) is 17.6 Å². The summed E-state index contributed by atoms with van der Waals surface area (Å²) in [5.74, 6) is -0.651. The number of carbonyl (C=O) groups is 1. The summed E-state index contributed by atoms with van der Waals surface area (Å²) in [4.78, 5) is 15.5. The van der Waals surface area contributed by atoms with E-state index in [2.05, 4.69) is 10.3 Å². The fraction of sp³-hybridized carbons (Fsp3) is 0.222. The molecule has 0 bridgehead atoms. The third-order valence-corrected chi connectivity index (χ3v) is 5.10. The van der Waals surface area contributed by atoms with Crippen LogP contribution in [0.1, 0.15) is 12.5 Å². The van der Waals surface area contributed by atoms with Gasteiger partial charge in [-0.25, -0.2) is 12.8 Å². The highest BCUT2D eigenvalue weighted by atomic mass is 32.2. The van der Waals surface area contributed by atoms with Gasteiger partial charge in [0.05, 0.1) is 11.9 Å². The molecule has 138 valence electrons. The minimum absolute atomic E-state index is 0.0332. The van der Waals surface area contributed by atoms with Crippen molar-refractivity contribution in [1.82, 2.24) is 10.3 Å². The molecule has 1 aromatic heterocycles. The predicted octanol–water partition coefficient (Wildman–Crippen LogP) is 2.58. The monoisotopic (exact) mass is 378 g/mol. The van der Waals surface area contributed by atoms with Crippen LogP contribution in [-0.4, -0.2) is 37.4 Å². The van der Waals surface area contributed by atoms with Crippen LogP contribution in [0.5, 0.6) is 11.5 Å². The Morgan fingerprint density at radius 2 is 2.15 bits per heavy atom. The summed E-state index contributed by atoms with van der Waals surface area (Å²) in [7, 11) is -3.13. The van der Waals surface area contributed by atoms with Crippen LogP contribution in [0.25, 0.3) is 6.08 Å². The first-order valence-corrected chi connectivity index (χ1v) is 9.75. The lowest BCUT2D eigenvalue weighted by Gasteiger charge is -2.06. The van der Waals surface area contributed by atoms with Gasteiger partial charge in [-0.2, -0.15) is 0 Å². The van der Waals surface area contributed by atoms with E-state index in [0.29, 0.717) is 11.3 Å². The first-order chi connectivity index (χ1) is 12.4. The van der Waals surface area contributed by atoms with Gasteiger partial charge in [-0.1, -0.05) is 13.0 Å². The zero-order valence-corrected chi connectivity index (χ0v) is 15.0. The van der Waals surface area contributed by atoms with Gasteiger partial charge in [-0.3, -0.25) is 9.78 Å². The maximum absolute atomic E-state index is 14.1. The molecule has 26 heavy (non-hydrogen) atoms. The Morgan fingerprint density at radius 3 is 2.81 bits per heavy atom. The summed E-state index contributed by atoms with van der Waals surface area (Å²) in [5, 5.41) is 2.47. The van der Waals surface area contributed by atoms with Gasteiger partial charge in [-0.15, -0.1) is 0 Å².